The normalized spacial score (nSPS) is 11.8. The zero-order valence-corrected chi connectivity index (χ0v) is 13.0. The van der Waals surface area contributed by atoms with Gasteiger partial charge in [0.1, 0.15) is 12.4 Å². The lowest BCUT2D eigenvalue weighted by molar-refractivity contribution is -0.138. The van der Waals surface area contributed by atoms with Crippen molar-refractivity contribution in [3.8, 4) is 5.75 Å². The molecule has 0 saturated carbocycles. The highest BCUT2D eigenvalue weighted by molar-refractivity contribution is 6.30. The molecule has 0 bridgehead atoms. The van der Waals surface area contributed by atoms with E-state index < -0.39 is 5.97 Å². The first-order valence-electron chi connectivity index (χ1n) is 6.72. The number of hydrogen-bond acceptors (Lipinski definition) is 3. The van der Waals surface area contributed by atoms with Crippen molar-refractivity contribution in [3.05, 3.63) is 29.3 Å². The molecule has 0 spiro atoms. The Morgan fingerprint density at radius 3 is 2.48 bits per heavy atom. The monoisotopic (exact) mass is 313 g/mol. The van der Waals surface area contributed by atoms with E-state index >= 15 is 0 Å². The summed E-state index contributed by atoms with van der Waals surface area (Å²) in [4.78, 5) is 24.0. The Morgan fingerprint density at radius 2 is 1.90 bits per heavy atom. The molecule has 5 nitrogen and oxygen atoms in total. The van der Waals surface area contributed by atoms with Gasteiger partial charge in [-0.25, -0.2) is 0 Å². The molecule has 1 atom stereocenters. The first-order valence-corrected chi connectivity index (χ1v) is 7.10. The summed E-state index contributed by atoms with van der Waals surface area (Å²) in [7, 11) is 1.68. The number of likely N-dealkylation sites (N-methyl/N-ethyl adjacent to an activating group) is 1. The van der Waals surface area contributed by atoms with Crippen LogP contribution in [0.4, 0.5) is 0 Å². The van der Waals surface area contributed by atoms with Crippen LogP contribution in [0.1, 0.15) is 19.8 Å². The Labute approximate surface area is 129 Å². The Bertz CT molecular complexity index is 475. The lowest BCUT2D eigenvalue weighted by atomic mass is 10.0. The number of carboxylic acids is 1. The van der Waals surface area contributed by atoms with Crippen molar-refractivity contribution in [3.63, 3.8) is 0 Å². The van der Waals surface area contributed by atoms with Crippen LogP contribution in [0.5, 0.6) is 5.75 Å². The number of carbonyl (C=O) groups is 2. The predicted octanol–water partition coefficient (Wildman–Crippen LogP) is 2.68. The van der Waals surface area contributed by atoms with Gasteiger partial charge < -0.3 is 14.7 Å². The molecule has 0 aliphatic heterocycles. The van der Waals surface area contributed by atoms with Crippen molar-refractivity contribution in [1.82, 2.24) is 4.90 Å². The summed E-state index contributed by atoms with van der Waals surface area (Å²) in [6, 6.07) is 7.00. The third-order valence-corrected chi connectivity index (χ3v) is 3.23. The third-order valence-electron chi connectivity index (χ3n) is 2.98. The van der Waals surface area contributed by atoms with Gasteiger partial charge in [-0.05, 0) is 30.2 Å². The Hall–Kier alpha value is -1.75. The van der Waals surface area contributed by atoms with E-state index in [9.17, 15) is 9.59 Å². The molecule has 1 aromatic carbocycles. The van der Waals surface area contributed by atoms with Crippen molar-refractivity contribution >= 4 is 23.5 Å². The fourth-order valence-electron chi connectivity index (χ4n) is 1.78. The largest absolute Gasteiger partial charge is 0.492 e. The van der Waals surface area contributed by atoms with Crippen LogP contribution in [0.3, 0.4) is 0 Å². The minimum atomic E-state index is -0.885. The topological polar surface area (TPSA) is 66.8 Å². The first kappa shape index (κ1) is 17.3. The predicted molar refractivity (Wildman–Crippen MR) is 80.6 cm³/mol. The second kappa shape index (κ2) is 8.52. The number of amides is 1. The number of nitrogens with zero attached hydrogens (tertiary/aromatic N) is 1. The summed E-state index contributed by atoms with van der Waals surface area (Å²) in [6.07, 6.45) is 0.227. The number of carbonyl (C=O) groups excluding carboxylic acids is 1. The highest BCUT2D eigenvalue weighted by Gasteiger charge is 2.15. The van der Waals surface area contributed by atoms with Crippen LogP contribution in [0.2, 0.25) is 5.02 Å². The third kappa shape index (κ3) is 6.99. The molecule has 0 saturated heterocycles. The first-order chi connectivity index (χ1) is 9.88. The van der Waals surface area contributed by atoms with Crippen molar-refractivity contribution in [2.45, 2.75) is 19.8 Å². The minimum absolute atomic E-state index is 0.000848. The minimum Gasteiger partial charge on any atom is -0.492 e. The smallest absolute Gasteiger partial charge is 0.303 e. The molecule has 0 aromatic heterocycles. The summed E-state index contributed by atoms with van der Waals surface area (Å²) in [6.45, 7) is 2.57. The summed E-state index contributed by atoms with van der Waals surface area (Å²) in [5, 5.41) is 9.31. The molecule has 1 unspecified atom stereocenters. The molecule has 116 valence electrons. The van der Waals surface area contributed by atoms with Gasteiger partial charge in [-0.2, -0.15) is 0 Å². The molecule has 1 aromatic rings. The Balaban J connectivity index is 2.29. The van der Waals surface area contributed by atoms with Gasteiger partial charge in [0.15, 0.2) is 0 Å². The van der Waals surface area contributed by atoms with E-state index in [2.05, 4.69) is 0 Å². The molecule has 0 aliphatic carbocycles. The molecule has 0 aliphatic rings. The summed E-state index contributed by atoms with van der Waals surface area (Å²) in [5.41, 5.74) is 0. The molecule has 0 fully saturated rings. The summed E-state index contributed by atoms with van der Waals surface area (Å²) < 4.78 is 5.50. The van der Waals surface area contributed by atoms with Gasteiger partial charge in [0, 0.05) is 24.9 Å². The van der Waals surface area contributed by atoms with Crippen molar-refractivity contribution in [2.24, 2.45) is 5.92 Å². The van der Waals surface area contributed by atoms with Crippen LogP contribution in [0, 0.1) is 5.92 Å². The molecule has 0 heterocycles. The number of benzene rings is 1. The highest BCUT2D eigenvalue weighted by Crippen LogP contribution is 2.15. The lowest BCUT2D eigenvalue weighted by Gasteiger charge is -2.19. The number of carboxylic acid groups (broad SMARTS) is 1. The summed E-state index contributed by atoms with van der Waals surface area (Å²) in [5.74, 6) is -0.443. The standard InChI is InChI=1S/C15H20ClNO4/c1-11(10-15(19)20)9-14(18)17(2)7-8-21-13-5-3-12(16)4-6-13/h3-6,11H,7-10H2,1-2H3,(H,19,20). The van der Waals surface area contributed by atoms with Crippen molar-refractivity contribution < 1.29 is 19.4 Å². The van der Waals surface area contributed by atoms with E-state index in [1.807, 2.05) is 0 Å². The second-order valence-electron chi connectivity index (χ2n) is 5.02. The second-order valence-corrected chi connectivity index (χ2v) is 5.46. The SMILES string of the molecule is CC(CC(=O)O)CC(=O)N(C)CCOc1ccc(Cl)cc1. The maximum atomic E-state index is 11.9. The van der Waals surface area contributed by atoms with Crippen LogP contribution in [0.25, 0.3) is 0 Å². The number of hydrogen-bond donors (Lipinski definition) is 1. The van der Waals surface area contributed by atoms with Gasteiger partial charge in [-0.15, -0.1) is 0 Å². The zero-order chi connectivity index (χ0) is 15.8. The van der Waals surface area contributed by atoms with Crippen LogP contribution in [-0.4, -0.2) is 42.1 Å². The molecule has 0 radical (unpaired) electrons. The highest BCUT2D eigenvalue weighted by atomic mass is 35.5. The molecular formula is C15H20ClNO4. The number of rotatable bonds is 8. The van der Waals surface area contributed by atoms with Crippen LogP contribution in [-0.2, 0) is 9.59 Å². The summed E-state index contributed by atoms with van der Waals surface area (Å²) >= 11 is 5.77. The lowest BCUT2D eigenvalue weighted by Crippen LogP contribution is -2.32. The zero-order valence-electron chi connectivity index (χ0n) is 12.2. The van der Waals surface area contributed by atoms with E-state index in [-0.39, 0.29) is 24.7 Å². The molecule has 1 rings (SSSR count). The van der Waals surface area contributed by atoms with Crippen LogP contribution < -0.4 is 4.74 Å². The number of ether oxygens (including phenoxy) is 1. The number of aliphatic carboxylic acids is 1. The quantitative estimate of drug-likeness (QED) is 0.801. The van der Waals surface area contributed by atoms with Gasteiger partial charge in [-0.1, -0.05) is 18.5 Å². The molecular weight excluding hydrogens is 294 g/mol. The Morgan fingerprint density at radius 1 is 1.29 bits per heavy atom. The molecule has 6 heteroatoms. The van der Waals surface area contributed by atoms with Gasteiger partial charge in [0.05, 0.1) is 6.54 Å². The fourth-order valence-corrected chi connectivity index (χ4v) is 1.91. The average Bonchev–Trinajstić information content (AvgIpc) is 2.39. The maximum Gasteiger partial charge on any atom is 0.303 e. The van der Waals surface area contributed by atoms with E-state index in [0.29, 0.717) is 23.9 Å². The van der Waals surface area contributed by atoms with Gasteiger partial charge in [-0.3, -0.25) is 9.59 Å². The van der Waals surface area contributed by atoms with E-state index in [0.717, 1.165) is 0 Å². The van der Waals surface area contributed by atoms with E-state index in [1.54, 1.807) is 43.1 Å². The van der Waals surface area contributed by atoms with Gasteiger partial charge in [0.25, 0.3) is 0 Å². The van der Waals surface area contributed by atoms with E-state index in [1.165, 1.54) is 0 Å². The maximum absolute atomic E-state index is 11.9. The van der Waals surface area contributed by atoms with Crippen molar-refractivity contribution in [2.75, 3.05) is 20.2 Å². The number of halogens is 1. The van der Waals surface area contributed by atoms with Gasteiger partial charge >= 0.3 is 5.97 Å². The average molecular weight is 314 g/mol. The fraction of sp³-hybridized carbons (Fsp3) is 0.467. The molecule has 1 N–H and O–H groups in total. The Kier molecular flexibility index (Phi) is 7.02. The van der Waals surface area contributed by atoms with Crippen molar-refractivity contribution in [1.29, 1.82) is 0 Å². The van der Waals surface area contributed by atoms with Crippen LogP contribution in [0.15, 0.2) is 24.3 Å². The molecule has 21 heavy (non-hydrogen) atoms. The van der Waals surface area contributed by atoms with Crippen LogP contribution >= 0.6 is 11.6 Å². The van der Waals surface area contributed by atoms with Gasteiger partial charge in [0.2, 0.25) is 5.91 Å². The van der Waals surface area contributed by atoms with E-state index in [4.69, 9.17) is 21.4 Å². The molecule has 1 amide bonds.